The number of benzene rings is 2. The Balaban J connectivity index is 2.22. The van der Waals surface area contributed by atoms with Gasteiger partial charge >= 0.3 is 0 Å². The van der Waals surface area contributed by atoms with E-state index in [0.717, 1.165) is 33.7 Å². The number of nitrogens with zero attached hydrogens (tertiary/aromatic N) is 2. The van der Waals surface area contributed by atoms with Gasteiger partial charge in [-0.2, -0.15) is 11.8 Å². The molecule has 0 fully saturated rings. The minimum Gasteiger partial charge on any atom is -0.497 e. The van der Waals surface area contributed by atoms with Gasteiger partial charge in [-0.25, -0.2) is 0 Å². The molecule has 0 bridgehead atoms. The van der Waals surface area contributed by atoms with Crippen LogP contribution in [-0.2, 0) is 0 Å². The first kappa shape index (κ1) is 22.4. The molecule has 4 nitrogen and oxygen atoms in total. The summed E-state index contributed by atoms with van der Waals surface area (Å²) in [5.41, 5.74) is 2.18. The van der Waals surface area contributed by atoms with E-state index in [-0.39, 0.29) is 6.04 Å². The summed E-state index contributed by atoms with van der Waals surface area (Å²) < 4.78 is 24.0. The number of rotatable bonds is 11. The molecule has 2 unspecified atom stereocenters. The van der Waals surface area contributed by atoms with Crippen LogP contribution in [0.2, 0.25) is 0 Å². The molecule has 2 aromatic carbocycles. The molecule has 0 amide bonds. The fraction of sp³-hybridized carbons (Fsp3) is 0.455. The number of anilines is 2. The zero-order valence-corrected chi connectivity index (χ0v) is 18.2. The monoisotopic (exact) mass is 406 g/mol. The van der Waals surface area contributed by atoms with Crippen molar-refractivity contribution in [3.05, 3.63) is 48.5 Å². The van der Waals surface area contributed by atoms with Crippen LogP contribution in [0, 0.1) is 0 Å². The third-order valence-electron chi connectivity index (χ3n) is 4.85. The highest BCUT2D eigenvalue weighted by Crippen LogP contribution is 2.34. The predicted molar refractivity (Wildman–Crippen MR) is 118 cm³/mol. The summed E-state index contributed by atoms with van der Waals surface area (Å²) in [6.07, 6.45) is 0. The minimum absolute atomic E-state index is 0.210. The maximum absolute atomic E-state index is 13.4. The number of halogens is 1. The number of methoxy groups -OCH3 is 2. The van der Waals surface area contributed by atoms with Gasteiger partial charge in [0.1, 0.15) is 11.5 Å². The first-order valence-electron chi connectivity index (χ1n) is 9.59. The zero-order chi connectivity index (χ0) is 20.5. The van der Waals surface area contributed by atoms with E-state index in [1.165, 1.54) is 0 Å². The van der Waals surface area contributed by atoms with Crippen LogP contribution < -0.4 is 14.4 Å². The van der Waals surface area contributed by atoms with Crippen molar-refractivity contribution in [2.75, 3.05) is 38.0 Å². The second kappa shape index (κ2) is 11.2. The summed E-state index contributed by atoms with van der Waals surface area (Å²) in [4.78, 5) is 2.31. The Hall–Kier alpha value is -1.92. The molecule has 28 heavy (non-hydrogen) atoms. The van der Waals surface area contributed by atoms with Gasteiger partial charge in [-0.1, -0.05) is 6.92 Å². The number of hydrogen-bond donors (Lipinski definition) is 0. The average molecular weight is 407 g/mol. The lowest BCUT2D eigenvalue weighted by molar-refractivity contribution is 0.0403. The fourth-order valence-electron chi connectivity index (χ4n) is 2.95. The average Bonchev–Trinajstić information content (AvgIpc) is 2.74. The van der Waals surface area contributed by atoms with Crippen molar-refractivity contribution in [2.24, 2.45) is 0 Å². The van der Waals surface area contributed by atoms with E-state index in [2.05, 4.69) is 43.0 Å². The molecule has 0 radical (unpaired) electrons. The fourth-order valence-corrected chi connectivity index (χ4v) is 4.03. The normalized spacial score (nSPS) is 13.2. The highest BCUT2D eigenvalue weighted by molar-refractivity contribution is 7.99. The molecular weight excluding hydrogens is 375 g/mol. The van der Waals surface area contributed by atoms with E-state index < -0.39 is 0 Å². The van der Waals surface area contributed by atoms with Crippen LogP contribution in [0.4, 0.5) is 15.9 Å². The molecule has 0 aliphatic carbocycles. The lowest BCUT2D eigenvalue weighted by Gasteiger charge is -2.35. The maximum atomic E-state index is 13.4. The third-order valence-corrected chi connectivity index (χ3v) is 6.18. The van der Waals surface area contributed by atoms with Gasteiger partial charge in [0.2, 0.25) is 0 Å². The molecule has 0 aliphatic heterocycles. The van der Waals surface area contributed by atoms with E-state index in [0.29, 0.717) is 18.3 Å². The Bertz CT molecular complexity index is 649. The Morgan fingerprint density at radius 1 is 0.893 bits per heavy atom. The molecule has 0 saturated heterocycles. The van der Waals surface area contributed by atoms with E-state index in [9.17, 15) is 4.48 Å². The quantitative estimate of drug-likeness (QED) is 0.455. The van der Waals surface area contributed by atoms with Gasteiger partial charge in [0.25, 0.3) is 0 Å². The Kier molecular flexibility index (Phi) is 8.93. The van der Waals surface area contributed by atoms with Gasteiger partial charge in [-0.15, -0.1) is 9.60 Å². The van der Waals surface area contributed by atoms with Crippen LogP contribution in [0.3, 0.4) is 0 Å². The van der Waals surface area contributed by atoms with Crippen molar-refractivity contribution in [1.82, 2.24) is 5.12 Å². The Morgan fingerprint density at radius 2 is 1.36 bits per heavy atom. The van der Waals surface area contributed by atoms with Crippen molar-refractivity contribution in [1.29, 1.82) is 0 Å². The first-order chi connectivity index (χ1) is 13.5. The first-order valence-corrected chi connectivity index (χ1v) is 10.6. The third kappa shape index (κ3) is 6.04. The molecule has 2 rings (SSSR count). The van der Waals surface area contributed by atoms with Crippen LogP contribution in [-0.4, -0.2) is 49.5 Å². The molecule has 2 atom stereocenters. The molecular formula is C22H31FN2O2S. The summed E-state index contributed by atoms with van der Waals surface area (Å²) in [7, 11) is 3.34. The van der Waals surface area contributed by atoms with Gasteiger partial charge in [0.05, 0.1) is 14.2 Å². The van der Waals surface area contributed by atoms with Crippen molar-refractivity contribution in [2.45, 2.75) is 32.1 Å². The highest BCUT2D eigenvalue weighted by atomic mass is 32.2. The SMILES string of the molecule is CCN(F)CCSC(C)C(C)N(c1ccc(OC)cc1)c1ccc(OC)cc1. The summed E-state index contributed by atoms with van der Waals surface area (Å²) in [5.74, 6) is 2.42. The molecule has 154 valence electrons. The van der Waals surface area contributed by atoms with Crippen LogP contribution in [0.5, 0.6) is 11.5 Å². The molecule has 0 aliphatic rings. The Labute approximate surface area is 172 Å². The van der Waals surface area contributed by atoms with Crippen molar-refractivity contribution in [3.8, 4) is 11.5 Å². The smallest absolute Gasteiger partial charge is 0.119 e. The van der Waals surface area contributed by atoms with Crippen LogP contribution in [0.1, 0.15) is 20.8 Å². The van der Waals surface area contributed by atoms with Gasteiger partial charge in [-0.3, -0.25) is 0 Å². The minimum atomic E-state index is 0.210. The maximum Gasteiger partial charge on any atom is 0.119 e. The lowest BCUT2D eigenvalue weighted by atomic mass is 10.1. The zero-order valence-electron chi connectivity index (χ0n) is 17.4. The Morgan fingerprint density at radius 3 is 1.75 bits per heavy atom. The van der Waals surface area contributed by atoms with Gasteiger partial charge < -0.3 is 14.4 Å². The predicted octanol–water partition coefficient (Wildman–Crippen LogP) is 5.56. The molecule has 0 saturated carbocycles. The molecule has 0 heterocycles. The lowest BCUT2D eigenvalue weighted by Crippen LogP contribution is -2.36. The van der Waals surface area contributed by atoms with E-state index in [1.807, 2.05) is 31.2 Å². The van der Waals surface area contributed by atoms with Crippen molar-refractivity contribution in [3.63, 3.8) is 0 Å². The summed E-state index contributed by atoms with van der Waals surface area (Å²) in [6.45, 7) is 7.10. The van der Waals surface area contributed by atoms with Crippen LogP contribution >= 0.6 is 11.8 Å². The number of hydrogen-bond acceptors (Lipinski definition) is 5. The van der Waals surface area contributed by atoms with E-state index in [4.69, 9.17) is 9.47 Å². The molecule has 2 aromatic rings. The molecule has 6 heteroatoms. The van der Waals surface area contributed by atoms with Crippen LogP contribution in [0.15, 0.2) is 48.5 Å². The van der Waals surface area contributed by atoms with Crippen LogP contribution in [0.25, 0.3) is 0 Å². The van der Waals surface area contributed by atoms with Gasteiger partial charge in [0, 0.05) is 41.5 Å². The largest absolute Gasteiger partial charge is 0.497 e. The summed E-state index contributed by atoms with van der Waals surface area (Å²) in [5, 5.41) is 1.17. The van der Waals surface area contributed by atoms with E-state index in [1.54, 1.807) is 26.0 Å². The molecule has 0 aromatic heterocycles. The molecule has 0 N–H and O–H groups in total. The summed E-state index contributed by atoms with van der Waals surface area (Å²) in [6, 6.07) is 16.4. The van der Waals surface area contributed by atoms with Crippen molar-refractivity contribution >= 4 is 23.1 Å². The van der Waals surface area contributed by atoms with Gasteiger partial charge in [-0.05, 0) is 62.4 Å². The number of ether oxygens (including phenoxy) is 2. The topological polar surface area (TPSA) is 24.9 Å². The van der Waals surface area contributed by atoms with Crippen molar-refractivity contribution < 1.29 is 14.0 Å². The van der Waals surface area contributed by atoms with E-state index >= 15 is 0 Å². The second-order valence-electron chi connectivity index (χ2n) is 6.59. The number of thioether (sulfide) groups is 1. The second-order valence-corrected chi connectivity index (χ2v) is 8.07. The highest BCUT2D eigenvalue weighted by Gasteiger charge is 2.23. The van der Waals surface area contributed by atoms with Gasteiger partial charge in [0.15, 0.2) is 0 Å². The summed E-state index contributed by atoms with van der Waals surface area (Å²) >= 11 is 1.79. The molecule has 0 spiro atoms. The standard InChI is InChI=1S/C22H31FN2O2S/c1-6-24(23)15-16-28-18(3)17(2)25(19-7-11-21(26-4)12-8-19)20-9-13-22(27-5)14-10-20/h7-14,17-18H,6,15-16H2,1-5H3.